The fourth-order valence-electron chi connectivity index (χ4n) is 3.11. The van der Waals surface area contributed by atoms with E-state index in [1.54, 1.807) is 0 Å². The first-order valence-corrected chi connectivity index (χ1v) is 8.32. The third kappa shape index (κ3) is 4.12. The Hall–Kier alpha value is -2.30. The van der Waals surface area contributed by atoms with Crippen LogP contribution in [0.1, 0.15) is 12.7 Å². The van der Waals surface area contributed by atoms with Gasteiger partial charge in [0.25, 0.3) is 0 Å². The first-order valence-electron chi connectivity index (χ1n) is 8.32. The van der Waals surface area contributed by atoms with Gasteiger partial charge < -0.3 is 6.41 Å². The number of nitrogens with one attached hydrogen (secondary N) is 1. The third-order valence-corrected chi connectivity index (χ3v) is 4.44. The van der Waals surface area contributed by atoms with Crippen LogP contribution in [-0.2, 0) is 19.4 Å². The minimum absolute atomic E-state index is 0. The molecule has 0 unspecified atom stereocenters. The van der Waals surface area contributed by atoms with Gasteiger partial charge in [0, 0.05) is 7.05 Å². The number of aromatic nitrogens is 4. The summed E-state index contributed by atoms with van der Waals surface area (Å²) in [5.74, 6) is 0.131. The number of H-pyrrole nitrogens is 1. The molecule has 0 aliphatic carbocycles. The summed E-state index contributed by atoms with van der Waals surface area (Å²) in [7, 11) is 1.35. The second kappa shape index (κ2) is 7.75. The predicted octanol–water partition coefficient (Wildman–Crippen LogP) is 2.78. The number of fused-ring (bicyclic) bond motifs is 1. The van der Waals surface area contributed by atoms with E-state index in [0.29, 0.717) is 16.6 Å². The number of benzene rings is 2. The van der Waals surface area contributed by atoms with Crippen LogP contribution in [0.15, 0.2) is 48.5 Å². The van der Waals surface area contributed by atoms with Crippen molar-refractivity contribution in [2.24, 2.45) is 7.05 Å². The van der Waals surface area contributed by atoms with Crippen molar-refractivity contribution in [3.8, 4) is 22.6 Å². The molecule has 30 heavy (non-hydrogen) atoms. The molecule has 2 heterocycles. The van der Waals surface area contributed by atoms with E-state index in [0.717, 1.165) is 16.8 Å². The number of halogens is 6. The van der Waals surface area contributed by atoms with Crippen LogP contribution in [0, 0.1) is 0 Å². The summed E-state index contributed by atoms with van der Waals surface area (Å²) in [6.45, 7) is 0. The number of aryl methyl sites for hydroxylation is 1. The van der Waals surface area contributed by atoms with Crippen molar-refractivity contribution in [1.82, 2.24) is 19.7 Å². The molecule has 0 bridgehead atoms. The average Bonchev–Trinajstić information content (AvgIpc) is 3.23. The van der Waals surface area contributed by atoms with Crippen LogP contribution in [0.5, 0.6) is 0 Å². The van der Waals surface area contributed by atoms with Crippen LogP contribution in [0.25, 0.3) is 33.7 Å². The molecule has 152 valence electrons. The largest absolute Gasteiger partial charge is 1.00 e. The molecule has 0 spiro atoms. The molecular formula is C19H13F6N4Na. The summed E-state index contributed by atoms with van der Waals surface area (Å²) in [4.78, 5) is 7.10. The summed E-state index contributed by atoms with van der Waals surface area (Å²) in [5, 5.41) is 3.44. The molecule has 0 aliphatic rings. The van der Waals surface area contributed by atoms with Gasteiger partial charge in [-0.25, -0.2) is 4.98 Å². The maximum absolute atomic E-state index is 13.3. The van der Waals surface area contributed by atoms with Gasteiger partial charge in [0.15, 0.2) is 11.5 Å². The fraction of sp³-hybridized carbons (Fsp3) is 0.158. The van der Waals surface area contributed by atoms with Gasteiger partial charge >= 0.3 is 41.9 Å². The standard InChI is InChI=1S/C19H12F6N4.Na.H/c1-29-15(9-16(28-29)19(23,24)25)17-26-13-7-6-10(8-14(13)27-17)11-4-2-3-5-12(11)18(20,21)22;;/h2-9H,1H3,(H,26,27);;/q;+1;-1. The van der Waals surface area contributed by atoms with E-state index in [-0.39, 0.29) is 48.1 Å². The van der Waals surface area contributed by atoms with E-state index >= 15 is 0 Å². The Labute approximate surface area is 189 Å². The van der Waals surface area contributed by atoms with Crippen molar-refractivity contribution in [3.63, 3.8) is 0 Å². The Morgan fingerprint density at radius 2 is 1.63 bits per heavy atom. The van der Waals surface area contributed by atoms with E-state index in [1.165, 1.54) is 43.4 Å². The summed E-state index contributed by atoms with van der Waals surface area (Å²) < 4.78 is 79.6. The number of aromatic amines is 1. The SMILES string of the molecule is Cn1nc(C(F)(F)F)cc1-c1nc2ccc(-c3ccccc3C(F)(F)F)cc2[nH]1.[H-].[Na+]. The summed E-state index contributed by atoms with van der Waals surface area (Å²) in [5.41, 5.74) is -0.631. The molecule has 1 N–H and O–H groups in total. The Morgan fingerprint density at radius 1 is 0.933 bits per heavy atom. The van der Waals surface area contributed by atoms with Crippen molar-refractivity contribution in [1.29, 1.82) is 0 Å². The Bertz CT molecular complexity index is 1210. The normalized spacial score (nSPS) is 12.2. The molecule has 0 saturated carbocycles. The zero-order valence-corrected chi connectivity index (χ0v) is 17.7. The van der Waals surface area contributed by atoms with Crippen LogP contribution in [0.3, 0.4) is 0 Å². The molecule has 4 aromatic rings. The monoisotopic (exact) mass is 434 g/mol. The van der Waals surface area contributed by atoms with Crippen molar-refractivity contribution >= 4 is 11.0 Å². The number of rotatable bonds is 2. The van der Waals surface area contributed by atoms with Crippen LogP contribution in [0.4, 0.5) is 26.3 Å². The van der Waals surface area contributed by atoms with Gasteiger partial charge in [-0.05, 0) is 35.4 Å². The minimum atomic E-state index is -4.60. The van der Waals surface area contributed by atoms with Crippen molar-refractivity contribution < 1.29 is 57.3 Å². The molecule has 2 aromatic carbocycles. The number of hydrogen-bond donors (Lipinski definition) is 1. The van der Waals surface area contributed by atoms with Crippen LogP contribution < -0.4 is 29.6 Å². The smallest absolute Gasteiger partial charge is 1.00 e. The van der Waals surface area contributed by atoms with E-state index < -0.39 is 23.6 Å². The Kier molecular flexibility index (Phi) is 5.78. The fourth-order valence-corrected chi connectivity index (χ4v) is 3.11. The first-order chi connectivity index (χ1) is 13.5. The number of imidazole rings is 1. The summed E-state index contributed by atoms with van der Waals surface area (Å²) in [6, 6.07) is 10.5. The first kappa shape index (κ1) is 22.4. The molecule has 2 aromatic heterocycles. The van der Waals surface area contributed by atoms with Gasteiger partial charge in [-0.3, -0.25) is 4.68 Å². The predicted molar refractivity (Wildman–Crippen MR) is 94.8 cm³/mol. The van der Waals surface area contributed by atoms with Gasteiger partial charge in [0.2, 0.25) is 0 Å². The molecule has 4 nitrogen and oxygen atoms in total. The average molecular weight is 434 g/mol. The second-order valence-electron chi connectivity index (χ2n) is 6.40. The molecule has 11 heteroatoms. The molecule has 0 saturated heterocycles. The molecule has 0 radical (unpaired) electrons. The molecule has 0 fully saturated rings. The van der Waals surface area contributed by atoms with Gasteiger partial charge in [0.05, 0.1) is 16.6 Å². The summed E-state index contributed by atoms with van der Waals surface area (Å²) >= 11 is 0. The van der Waals surface area contributed by atoms with E-state index in [9.17, 15) is 26.3 Å². The van der Waals surface area contributed by atoms with Gasteiger partial charge in [-0.1, -0.05) is 24.3 Å². The molecular weight excluding hydrogens is 421 g/mol. The molecule has 0 atom stereocenters. The molecule has 0 amide bonds. The Balaban J connectivity index is 0.00000171. The zero-order valence-electron chi connectivity index (χ0n) is 16.7. The van der Waals surface area contributed by atoms with Crippen molar-refractivity contribution in [3.05, 3.63) is 59.8 Å². The van der Waals surface area contributed by atoms with Gasteiger partial charge in [0.1, 0.15) is 5.69 Å². The third-order valence-electron chi connectivity index (χ3n) is 4.44. The number of alkyl halides is 6. The van der Waals surface area contributed by atoms with Crippen LogP contribution in [0.2, 0.25) is 0 Å². The van der Waals surface area contributed by atoms with Crippen molar-refractivity contribution in [2.45, 2.75) is 12.4 Å². The van der Waals surface area contributed by atoms with Gasteiger partial charge in [-0.2, -0.15) is 31.4 Å². The summed E-state index contributed by atoms with van der Waals surface area (Å²) in [6.07, 6.45) is -9.12. The van der Waals surface area contributed by atoms with Crippen molar-refractivity contribution in [2.75, 3.05) is 0 Å². The van der Waals surface area contributed by atoms with E-state index in [2.05, 4.69) is 15.1 Å². The maximum atomic E-state index is 13.3. The molecule has 0 aliphatic heterocycles. The maximum Gasteiger partial charge on any atom is 1.00 e. The topological polar surface area (TPSA) is 46.5 Å². The number of hydrogen-bond acceptors (Lipinski definition) is 2. The molecule has 4 rings (SSSR count). The second-order valence-corrected chi connectivity index (χ2v) is 6.40. The zero-order chi connectivity index (χ0) is 21.0. The number of nitrogens with zero attached hydrogens (tertiary/aromatic N) is 3. The Morgan fingerprint density at radius 3 is 2.27 bits per heavy atom. The quantitative estimate of drug-likeness (QED) is 0.390. The van der Waals surface area contributed by atoms with Crippen LogP contribution >= 0.6 is 0 Å². The minimum Gasteiger partial charge on any atom is -1.00 e. The van der Waals surface area contributed by atoms with Gasteiger partial charge in [-0.15, -0.1) is 0 Å². The van der Waals surface area contributed by atoms with Crippen LogP contribution in [-0.4, -0.2) is 19.7 Å². The van der Waals surface area contributed by atoms with E-state index in [1.807, 2.05) is 0 Å². The van der Waals surface area contributed by atoms with E-state index in [4.69, 9.17) is 0 Å².